The van der Waals surface area contributed by atoms with Crippen LogP contribution < -0.4 is 20.1 Å². The molecule has 1 aliphatic heterocycles. The van der Waals surface area contributed by atoms with E-state index in [4.69, 9.17) is 14.5 Å². The number of guanidine groups is 1. The van der Waals surface area contributed by atoms with Crippen LogP contribution in [0.25, 0.3) is 0 Å². The van der Waals surface area contributed by atoms with Gasteiger partial charge >= 0.3 is 0 Å². The summed E-state index contributed by atoms with van der Waals surface area (Å²) in [7, 11) is 5.25. The van der Waals surface area contributed by atoms with Gasteiger partial charge in [-0.2, -0.15) is 0 Å². The third kappa shape index (κ3) is 9.94. The molecule has 1 aliphatic rings. The lowest BCUT2D eigenvalue weighted by atomic mass is 10.1. The van der Waals surface area contributed by atoms with Crippen molar-refractivity contribution in [2.45, 2.75) is 38.8 Å². The molecule has 1 heterocycles. The van der Waals surface area contributed by atoms with E-state index in [2.05, 4.69) is 22.5 Å². The highest BCUT2D eigenvalue weighted by atomic mass is 127. The van der Waals surface area contributed by atoms with E-state index in [0.717, 1.165) is 49.9 Å². The maximum absolute atomic E-state index is 11.9. The Labute approximate surface area is 203 Å². The Morgan fingerprint density at radius 1 is 1.23 bits per heavy atom. The molecule has 2 rings (SSSR count). The van der Waals surface area contributed by atoms with Gasteiger partial charge in [-0.05, 0) is 51.0 Å². The van der Waals surface area contributed by atoms with Gasteiger partial charge in [0.1, 0.15) is 17.6 Å². The van der Waals surface area contributed by atoms with Gasteiger partial charge < -0.3 is 25.0 Å². The second kappa shape index (κ2) is 14.3. The van der Waals surface area contributed by atoms with E-state index in [1.807, 2.05) is 31.2 Å². The first-order chi connectivity index (χ1) is 14.4. The Bertz CT molecular complexity index is 676. The molecule has 0 spiro atoms. The van der Waals surface area contributed by atoms with Crippen molar-refractivity contribution in [1.29, 1.82) is 0 Å². The molecule has 1 aromatic rings. The Morgan fingerprint density at radius 3 is 2.39 bits per heavy atom. The third-order valence-electron chi connectivity index (χ3n) is 5.03. The number of hydrogen-bond donors (Lipinski definition) is 2. The minimum absolute atomic E-state index is 0. The lowest BCUT2D eigenvalue weighted by molar-refractivity contribution is -0.130. The summed E-state index contributed by atoms with van der Waals surface area (Å²) < 4.78 is 11.1. The average Bonchev–Trinajstić information content (AvgIpc) is 2.74. The number of carbonyl (C=O) groups is 1. The number of piperidine rings is 1. The highest BCUT2D eigenvalue weighted by Gasteiger charge is 2.22. The van der Waals surface area contributed by atoms with Crippen LogP contribution >= 0.6 is 24.0 Å². The summed E-state index contributed by atoms with van der Waals surface area (Å²) >= 11 is 0. The molecule has 1 amide bonds. The number of halogens is 1. The molecule has 1 saturated heterocycles. The van der Waals surface area contributed by atoms with Crippen LogP contribution in [0.5, 0.6) is 11.5 Å². The number of hydrogen-bond acceptors (Lipinski definition) is 5. The second-order valence-electron chi connectivity index (χ2n) is 7.81. The Balaban J connectivity index is 0.00000480. The van der Waals surface area contributed by atoms with Crippen LogP contribution in [0.4, 0.5) is 0 Å². The van der Waals surface area contributed by atoms with Gasteiger partial charge in [-0.15, -0.1) is 24.0 Å². The first kappa shape index (κ1) is 27.3. The van der Waals surface area contributed by atoms with Crippen molar-refractivity contribution in [3.63, 3.8) is 0 Å². The molecule has 0 radical (unpaired) electrons. The summed E-state index contributed by atoms with van der Waals surface area (Å²) in [6, 6.07) is 7.92. The van der Waals surface area contributed by atoms with Crippen molar-refractivity contribution >= 4 is 35.8 Å². The third-order valence-corrected chi connectivity index (χ3v) is 5.03. The van der Waals surface area contributed by atoms with E-state index in [9.17, 15) is 4.79 Å². The van der Waals surface area contributed by atoms with Gasteiger partial charge in [0.25, 0.3) is 0 Å². The Hall–Kier alpha value is -1.75. The van der Waals surface area contributed by atoms with E-state index in [-0.39, 0.29) is 36.0 Å². The van der Waals surface area contributed by atoms with Gasteiger partial charge in [0.15, 0.2) is 5.96 Å². The minimum Gasteiger partial charge on any atom is -0.497 e. The topological polar surface area (TPSA) is 78.4 Å². The molecular formula is C22H38IN5O3. The minimum atomic E-state index is -0.0484. The summed E-state index contributed by atoms with van der Waals surface area (Å²) in [6.07, 6.45) is 1.93. The van der Waals surface area contributed by atoms with Crippen molar-refractivity contribution in [2.75, 3.05) is 53.9 Å². The highest BCUT2D eigenvalue weighted by Crippen LogP contribution is 2.18. The van der Waals surface area contributed by atoms with Gasteiger partial charge in [0.05, 0.1) is 20.2 Å². The summed E-state index contributed by atoms with van der Waals surface area (Å²) in [5.41, 5.74) is 0. The fourth-order valence-corrected chi connectivity index (χ4v) is 3.23. The Kier molecular flexibility index (Phi) is 12.6. The number of likely N-dealkylation sites (tertiary alicyclic amines) is 1. The first-order valence-electron chi connectivity index (χ1n) is 10.7. The van der Waals surface area contributed by atoms with Gasteiger partial charge in [-0.3, -0.25) is 9.69 Å². The molecule has 31 heavy (non-hydrogen) atoms. The predicted molar refractivity (Wildman–Crippen MR) is 136 cm³/mol. The number of likely N-dealkylation sites (N-methyl/N-ethyl adjacent to an activating group) is 1. The lowest BCUT2D eigenvalue weighted by Gasteiger charge is -2.33. The van der Waals surface area contributed by atoms with Crippen LogP contribution in [0, 0.1) is 0 Å². The smallest absolute Gasteiger partial charge is 0.236 e. The van der Waals surface area contributed by atoms with Crippen molar-refractivity contribution in [2.24, 2.45) is 4.99 Å². The molecule has 2 N–H and O–H groups in total. The predicted octanol–water partition coefficient (Wildman–Crippen LogP) is 2.19. The normalized spacial score (nSPS) is 16.1. The zero-order valence-electron chi connectivity index (χ0n) is 19.4. The Morgan fingerprint density at radius 2 is 1.84 bits per heavy atom. The van der Waals surface area contributed by atoms with Crippen LogP contribution in [0.2, 0.25) is 0 Å². The molecular weight excluding hydrogens is 509 g/mol. The number of benzene rings is 1. The zero-order valence-corrected chi connectivity index (χ0v) is 21.7. The molecule has 0 aromatic heterocycles. The number of methoxy groups -OCH3 is 1. The van der Waals surface area contributed by atoms with E-state index in [1.54, 1.807) is 26.1 Å². The molecule has 0 bridgehead atoms. The highest BCUT2D eigenvalue weighted by molar-refractivity contribution is 14.0. The molecule has 8 nitrogen and oxygen atoms in total. The summed E-state index contributed by atoms with van der Waals surface area (Å²) in [5, 5.41) is 6.85. The van der Waals surface area contributed by atoms with E-state index >= 15 is 0 Å². The fourth-order valence-electron chi connectivity index (χ4n) is 3.23. The largest absolute Gasteiger partial charge is 0.497 e. The van der Waals surface area contributed by atoms with E-state index < -0.39 is 0 Å². The number of nitrogens with one attached hydrogen (secondary N) is 2. The van der Waals surface area contributed by atoms with Crippen molar-refractivity contribution in [3.8, 4) is 11.5 Å². The number of carbonyl (C=O) groups excluding carboxylic acids is 1. The molecule has 1 unspecified atom stereocenters. The van der Waals surface area contributed by atoms with Gasteiger partial charge in [0.2, 0.25) is 5.91 Å². The lowest BCUT2D eigenvalue weighted by Crippen LogP contribution is -2.50. The molecule has 1 fully saturated rings. The maximum atomic E-state index is 11.9. The zero-order chi connectivity index (χ0) is 21.9. The van der Waals surface area contributed by atoms with Gasteiger partial charge in [0, 0.05) is 39.8 Å². The average molecular weight is 547 g/mol. The van der Waals surface area contributed by atoms with Crippen LogP contribution in [0.15, 0.2) is 29.3 Å². The van der Waals surface area contributed by atoms with Crippen LogP contribution in [-0.4, -0.2) is 87.7 Å². The quantitative estimate of drug-likeness (QED) is 0.281. The van der Waals surface area contributed by atoms with E-state index in [1.165, 1.54) is 0 Å². The monoisotopic (exact) mass is 547 g/mol. The number of ether oxygens (including phenoxy) is 2. The molecule has 1 aromatic carbocycles. The summed E-state index contributed by atoms with van der Waals surface area (Å²) in [6.45, 7) is 7.74. The van der Waals surface area contributed by atoms with Crippen molar-refractivity contribution in [3.05, 3.63) is 24.3 Å². The fraction of sp³-hybridized carbons (Fsp3) is 0.636. The van der Waals surface area contributed by atoms with Crippen LogP contribution in [-0.2, 0) is 4.79 Å². The van der Waals surface area contributed by atoms with Gasteiger partial charge in [-0.1, -0.05) is 0 Å². The molecule has 176 valence electrons. The van der Waals surface area contributed by atoms with Crippen molar-refractivity contribution < 1.29 is 14.3 Å². The number of amides is 1. The van der Waals surface area contributed by atoms with Crippen molar-refractivity contribution in [1.82, 2.24) is 20.4 Å². The molecule has 0 aliphatic carbocycles. The second-order valence-corrected chi connectivity index (χ2v) is 7.81. The van der Waals surface area contributed by atoms with Crippen LogP contribution in [0.1, 0.15) is 26.7 Å². The SMILES string of the molecule is CCNC(=NCC(C)Oc1ccc(OC)cc1)NC1CCN(CC(=O)N(C)C)CC1.I. The van der Waals surface area contributed by atoms with Gasteiger partial charge in [-0.25, -0.2) is 4.99 Å². The van der Waals surface area contributed by atoms with E-state index in [0.29, 0.717) is 19.1 Å². The molecule has 1 atom stereocenters. The molecule has 0 saturated carbocycles. The molecule has 9 heteroatoms. The summed E-state index contributed by atoms with van der Waals surface area (Å²) in [5.74, 6) is 2.58. The summed E-state index contributed by atoms with van der Waals surface area (Å²) in [4.78, 5) is 20.5. The van der Waals surface area contributed by atoms with Crippen LogP contribution in [0.3, 0.4) is 0 Å². The number of aliphatic imine (C=N–C) groups is 1. The number of nitrogens with zero attached hydrogens (tertiary/aromatic N) is 3. The maximum Gasteiger partial charge on any atom is 0.236 e. The first-order valence-corrected chi connectivity index (χ1v) is 10.7. The number of rotatable bonds is 9. The standard InChI is InChI=1S/C22H37N5O3.HI/c1-6-23-22(24-15-17(2)30-20-9-7-19(29-5)8-10-20)25-18-11-13-27(14-12-18)16-21(28)26(3)4;/h7-10,17-18H,6,11-16H2,1-5H3,(H2,23,24,25);1H.